The van der Waals surface area contributed by atoms with Crippen LogP contribution in [-0.2, 0) is 6.54 Å². The van der Waals surface area contributed by atoms with E-state index in [0.717, 1.165) is 59.7 Å². The number of fused-ring (bicyclic) bond motifs is 4. The second kappa shape index (κ2) is 8.77. The zero-order chi connectivity index (χ0) is 23.1. The lowest BCUT2D eigenvalue weighted by Gasteiger charge is -2.50. The van der Waals surface area contributed by atoms with Crippen LogP contribution < -0.4 is 19.8 Å². The Bertz CT molecular complexity index is 1220. The molecular formula is C28H29BrN3O2+. The fourth-order valence-electron chi connectivity index (χ4n) is 5.50. The Hall–Kier alpha value is -2.80. The molecule has 0 bridgehead atoms. The third-order valence-electron chi connectivity index (χ3n) is 7.29. The minimum Gasteiger partial charge on any atom is -0.497 e. The number of halogens is 1. The van der Waals surface area contributed by atoms with Crippen molar-refractivity contribution >= 4 is 21.6 Å². The van der Waals surface area contributed by atoms with Crippen LogP contribution in [-0.4, -0.2) is 30.9 Å². The standard InChI is InChI=1S/C28H28BrN3O2/c1-33-23-9-5-8-21(16-23)25-18-26-24-17-22(29)10-11-27(24)34-28(32(26)30-25)12-14-31(15-13-28)19-20-6-3-2-4-7-20/h2-11,16-18,26,30H,12-15,19H2,1H3/p+1. The maximum Gasteiger partial charge on any atom is 0.191 e. The lowest BCUT2D eigenvalue weighted by molar-refractivity contribution is -0.921. The predicted molar refractivity (Wildman–Crippen MR) is 136 cm³/mol. The van der Waals surface area contributed by atoms with Crippen LogP contribution in [0.25, 0.3) is 5.70 Å². The van der Waals surface area contributed by atoms with Crippen LogP contribution in [0.3, 0.4) is 0 Å². The van der Waals surface area contributed by atoms with Gasteiger partial charge in [0, 0.05) is 21.2 Å². The number of methoxy groups -OCH3 is 1. The highest BCUT2D eigenvalue weighted by atomic mass is 79.9. The predicted octanol–water partition coefficient (Wildman–Crippen LogP) is 4.33. The molecule has 1 fully saturated rings. The number of hydrazine groups is 1. The van der Waals surface area contributed by atoms with Gasteiger partial charge >= 0.3 is 0 Å². The van der Waals surface area contributed by atoms with Crippen molar-refractivity contribution < 1.29 is 14.4 Å². The first-order valence-corrected chi connectivity index (χ1v) is 12.7. The quantitative estimate of drug-likeness (QED) is 0.539. The minimum atomic E-state index is -0.372. The van der Waals surface area contributed by atoms with Crippen molar-refractivity contribution in [1.29, 1.82) is 0 Å². The van der Waals surface area contributed by atoms with Gasteiger partial charge in [-0.15, -0.1) is 0 Å². The van der Waals surface area contributed by atoms with Crippen LogP contribution in [0.4, 0.5) is 0 Å². The van der Waals surface area contributed by atoms with Gasteiger partial charge in [0.05, 0.1) is 44.8 Å². The number of likely N-dealkylation sites (tertiary alicyclic amines) is 1. The lowest BCUT2D eigenvalue weighted by atomic mass is 9.92. The Kier molecular flexibility index (Phi) is 5.60. The van der Waals surface area contributed by atoms with Crippen molar-refractivity contribution in [2.75, 3.05) is 20.2 Å². The highest BCUT2D eigenvalue weighted by molar-refractivity contribution is 9.10. The Labute approximate surface area is 209 Å². The first kappa shape index (κ1) is 21.7. The van der Waals surface area contributed by atoms with Crippen molar-refractivity contribution in [3.05, 3.63) is 100 Å². The normalized spacial score (nSPS) is 25.6. The second-order valence-electron chi connectivity index (χ2n) is 9.38. The van der Waals surface area contributed by atoms with Crippen LogP contribution in [0.2, 0.25) is 0 Å². The topological polar surface area (TPSA) is 38.2 Å². The van der Waals surface area contributed by atoms with Crippen molar-refractivity contribution in [3.63, 3.8) is 0 Å². The highest BCUT2D eigenvalue weighted by Gasteiger charge is 2.52. The summed E-state index contributed by atoms with van der Waals surface area (Å²) >= 11 is 3.66. The molecule has 6 heteroatoms. The molecule has 3 heterocycles. The molecule has 0 amide bonds. The van der Waals surface area contributed by atoms with E-state index >= 15 is 0 Å². The molecule has 34 heavy (non-hydrogen) atoms. The molecule has 174 valence electrons. The number of hydrogen-bond donors (Lipinski definition) is 2. The zero-order valence-corrected chi connectivity index (χ0v) is 20.8. The summed E-state index contributed by atoms with van der Waals surface area (Å²) in [7, 11) is 1.71. The summed E-state index contributed by atoms with van der Waals surface area (Å²) in [4.78, 5) is 1.61. The fourth-order valence-corrected chi connectivity index (χ4v) is 5.88. The number of nitrogens with one attached hydrogen (secondary N) is 2. The summed E-state index contributed by atoms with van der Waals surface area (Å²) in [5, 5.41) is 2.36. The molecule has 0 aliphatic carbocycles. The van der Waals surface area contributed by atoms with Gasteiger partial charge in [0.15, 0.2) is 5.72 Å². The summed E-state index contributed by atoms with van der Waals surface area (Å²) in [5.41, 5.74) is 8.16. The maximum atomic E-state index is 6.83. The van der Waals surface area contributed by atoms with Gasteiger partial charge in [0.1, 0.15) is 18.0 Å². The zero-order valence-electron chi connectivity index (χ0n) is 19.3. The van der Waals surface area contributed by atoms with Crippen LogP contribution in [0, 0.1) is 0 Å². The first-order valence-electron chi connectivity index (χ1n) is 11.9. The largest absolute Gasteiger partial charge is 0.497 e. The maximum absolute atomic E-state index is 6.83. The number of hydrogen-bond acceptors (Lipinski definition) is 4. The monoisotopic (exact) mass is 518 g/mol. The molecule has 1 atom stereocenters. The summed E-state index contributed by atoms with van der Waals surface area (Å²) in [5.74, 6) is 1.85. The van der Waals surface area contributed by atoms with Gasteiger partial charge in [-0.2, -0.15) is 5.01 Å². The molecule has 0 aromatic heterocycles. The summed E-state index contributed by atoms with van der Waals surface area (Å²) in [6, 6.07) is 25.5. The number of nitrogens with zero attached hydrogens (tertiary/aromatic N) is 1. The van der Waals surface area contributed by atoms with Crippen LogP contribution in [0.5, 0.6) is 11.5 Å². The molecule has 6 rings (SSSR count). The third kappa shape index (κ3) is 3.90. The third-order valence-corrected chi connectivity index (χ3v) is 7.78. The smallest absolute Gasteiger partial charge is 0.191 e. The number of rotatable bonds is 4. The summed E-state index contributed by atoms with van der Waals surface area (Å²) < 4.78 is 13.4. The number of ether oxygens (including phenoxy) is 2. The van der Waals surface area contributed by atoms with Crippen molar-refractivity contribution in [2.45, 2.75) is 31.2 Å². The Morgan fingerprint density at radius 2 is 1.88 bits per heavy atom. The first-order chi connectivity index (χ1) is 16.6. The molecule has 1 unspecified atom stereocenters. The van der Waals surface area contributed by atoms with Gasteiger partial charge in [-0.05, 0) is 36.4 Å². The number of quaternary nitrogens is 1. The molecule has 3 aliphatic heterocycles. The van der Waals surface area contributed by atoms with Crippen molar-refractivity contribution in [2.24, 2.45) is 0 Å². The fraction of sp³-hybridized carbons (Fsp3) is 0.286. The van der Waals surface area contributed by atoms with Crippen molar-refractivity contribution in [1.82, 2.24) is 10.4 Å². The van der Waals surface area contributed by atoms with Gasteiger partial charge < -0.3 is 19.8 Å². The van der Waals surface area contributed by atoms with Gasteiger partial charge in [-0.25, -0.2) is 0 Å². The molecule has 0 saturated carbocycles. The Morgan fingerprint density at radius 3 is 2.68 bits per heavy atom. The van der Waals surface area contributed by atoms with Gasteiger partial charge in [-0.3, -0.25) is 0 Å². The van der Waals surface area contributed by atoms with E-state index in [1.54, 1.807) is 12.0 Å². The molecule has 3 aliphatic rings. The average molecular weight is 519 g/mol. The van der Waals surface area contributed by atoms with Crippen LogP contribution >= 0.6 is 15.9 Å². The van der Waals surface area contributed by atoms with E-state index in [9.17, 15) is 0 Å². The molecule has 0 radical (unpaired) electrons. The van der Waals surface area contributed by atoms with Gasteiger partial charge in [-0.1, -0.05) is 58.4 Å². The van der Waals surface area contributed by atoms with E-state index in [2.05, 4.69) is 93.1 Å². The molecule has 3 aromatic carbocycles. The van der Waals surface area contributed by atoms with E-state index in [-0.39, 0.29) is 11.8 Å². The second-order valence-corrected chi connectivity index (χ2v) is 10.3. The SMILES string of the molecule is COc1cccc(C2=CC3c4cc(Br)ccc4OC4(CC[NH+](Cc5ccccc5)CC4)N3N2)c1. The lowest BCUT2D eigenvalue weighted by Crippen LogP contribution is -3.12. The van der Waals surface area contributed by atoms with Crippen LogP contribution in [0.1, 0.15) is 35.6 Å². The van der Waals surface area contributed by atoms with Gasteiger partial charge in [0.25, 0.3) is 0 Å². The number of benzene rings is 3. The van der Waals surface area contributed by atoms with E-state index in [4.69, 9.17) is 9.47 Å². The van der Waals surface area contributed by atoms with Crippen molar-refractivity contribution in [3.8, 4) is 11.5 Å². The highest BCUT2D eigenvalue weighted by Crippen LogP contribution is 2.48. The molecular weight excluding hydrogens is 490 g/mol. The van der Waals surface area contributed by atoms with E-state index in [1.807, 2.05) is 12.1 Å². The van der Waals surface area contributed by atoms with E-state index < -0.39 is 0 Å². The molecule has 2 N–H and O–H groups in total. The van der Waals surface area contributed by atoms with E-state index in [0.29, 0.717) is 0 Å². The molecule has 3 aromatic rings. The number of piperidine rings is 1. The summed E-state index contributed by atoms with van der Waals surface area (Å²) in [6.07, 6.45) is 4.26. The van der Waals surface area contributed by atoms with E-state index in [1.165, 1.54) is 11.1 Å². The van der Waals surface area contributed by atoms with Crippen LogP contribution in [0.15, 0.2) is 83.3 Å². The Morgan fingerprint density at radius 1 is 1.06 bits per heavy atom. The molecule has 1 spiro atoms. The molecule has 1 saturated heterocycles. The molecule has 5 nitrogen and oxygen atoms in total. The average Bonchev–Trinajstić information content (AvgIpc) is 3.34. The van der Waals surface area contributed by atoms with Gasteiger partial charge in [0.2, 0.25) is 0 Å². The Balaban J connectivity index is 1.30. The minimum absolute atomic E-state index is 0.109. The summed E-state index contributed by atoms with van der Waals surface area (Å²) in [6.45, 7) is 3.20.